The molecule has 0 bridgehead atoms. The average Bonchev–Trinajstić information content (AvgIpc) is 3.09. The molecule has 1 aromatic heterocycles. The van der Waals surface area contributed by atoms with Gasteiger partial charge in [-0.05, 0) is 29.8 Å². The Morgan fingerprint density at radius 1 is 1.08 bits per heavy atom. The molecule has 1 amide bonds. The fraction of sp³-hybridized carbons (Fsp3) is 0.105. The van der Waals surface area contributed by atoms with Crippen LogP contribution in [-0.4, -0.2) is 11.0 Å². The number of carbonyl (C=O) groups excluding carboxylic acids is 1. The highest BCUT2D eigenvalue weighted by atomic mass is 32.1. The van der Waals surface area contributed by atoms with E-state index in [1.54, 1.807) is 12.1 Å². The van der Waals surface area contributed by atoms with Crippen LogP contribution < -0.4 is 5.32 Å². The fourth-order valence-electron chi connectivity index (χ4n) is 2.37. The van der Waals surface area contributed by atoms with Crippen molar-refractivity contribution in [3.8, 4) is 0 Å². The quantitative estimate of drug-likeness (QED) is 0.722. The Labute approximate surface area is 147 Å². The lowest BCUT2D eigenvalue weighted by Crippen LogP contribution is -2.23. The zero-order chi connectivity index (χ0) is 17.8. The van der Waals surface area contributed by atoms with E-state index in [1.165, 1.54) is 11.3 Å². The van der Waals surface area contributed by atoms with E-state index in [0.29, 0.717) is 6.07 Å². The van der Waals surface area contributed by atoms with E-state index in [9.17, 15) is 18.7 Å². The Hall–Kier alpha value is -2.57. The van der Waals surface area contributed by atoms with Crippen molar-refractivity contribution >= 4 is 17.2 Å². The summed E-state index contributed by atoms with van der Waals surface area (Å²) < 4.78 is 26.5. The molecule has 6 heteroatoms. The van der Waals surface area contributed by atoms with Crippen molar-refractivity contribution in [2.75, 3.05) is 0 Å². The van der Waals surface area contributed by atoms with Crippen molar-refractivity contribution in [3.05, 3.63) is 93.2 Å². The Balaban J connectivity index is 1.65. The van der Waals surface area contributed by atoms with Gasteiger partial charge in [-0.2, -0.15) is 0 Å². The van der Waals surface area contributed by atoms with Crippen LogP contribution in [0.15, 0.2) is 60.7 Å². The Bertz CT molecular complexity index is 880. The number of thiophene rings is 1. The predicted octanol–water partition coefficient (Wildman–Crippen LogP) is 4.04. The molecule has 2 aromatic carbocycles. The van der Waals surface area contributed by atoms with E-state index in [2.05, 4.69) is 5.32 Å². The van der Waals surface area contributed by atoms with Gasteiger partial charge in [0.25, 0.3) is 5.91 Å². The molecule has 3 aromatic rings. The van der Waals surface area contributed by atoms with Crippen LogP contribution in [0.3, 0.4) is 0 Å². The lowest BCUT2D eigenvalue weighted by atomic mass is 10.1. The standard InChI is InChI=1S/C19H15F2NO2S/c20-13-6-8-15(16(21)10-13)19(24)22-11-14-7-9-17(25-14)18(23)12-4-2-1-3-5-12/h1-10,18,23H,11H2,(H,22,24). The minimum absolute atomic E-state index is 0.196. The Morgan fingerprint density at radius 3 is 2.56 bits per heavy atom. The minimum Gasteiger partial charge on any atom is -0.383 e. The first-order valence-corrected chi connectivity index (χ1v) is 8.41. The summed E-state index contributed by atoms with van der Waals surface area (Å²) >= 11 is 1.36. The van der Waals surface area contributed by atoms with E-state index in [4.69, 9.17) is 0 Å². The second-order valence-electron chi connectivity index (χ2n) is 5.42. The molecule has 1 heterocycles. The molecule has 2 N–H and O–H groups in total. The van der Waals surface area contributed by atoms with Crippen molar-refractivity contribution in [1.29, 1.82) is 0 Å². The van der Waals surface area contributed by atoms with Gasteiger partial charge in [0.15, 0.2) is 0 Å². The summed E-state index contributed by atoms with van der Waals surface area (Å²) in [5.74, 6) is -2.24. The SMILES string of the molecule is O=C(NCc1ccc(C(O)c2ccccc2)s1)c1ccc(F)cc1F. The van der Waals surface area contributed by atoms with E-state index >= 15 is 0 Å². The molecule has 0 saturated carbocycles. The second-order valence-corrected chi connectivity index (χ2v) is 6.62. The van der Waals surface area contributed by atoms with Crippen LogP contribution in [-0.2, 0) is 6.54 Å². The molecule has 0 spiro atoms. The number of halogens is 2. The minimum atomic E-state index is -0.899. The van der Waals surface area contributed by atoms with Crippen LogP contribution >= 0.6 is 11.3 Å². The van der Waals surface area contributed by atoms with Gasteiger partial charge in [0, 0.05) is 15.8 Å². The normalized spacial score (nSPS) is 12.0. The van der Waals surface area contributed by atoms with Crippen LogP contribution in [0.25, 0.3) is 0 Å². The van der Waals surface area contributed by atoms with Crippen molar-refractivity contribution in [1.82, 2.24) is 5.32 Å². The average molecular weight is 359 g/mol. The molecular weight excluding hydrogens is 344 g/mol. The van der Waals surface area contributed by atoms with Gasteiger partial charge in [0.2, 0.25) is 0 Å². The molecular formula is C19H15F2NO2S. The maximum atomic E-state index is 13.6. The van der Waals surface area contributed by atoms with E-state index in [-0.39, 0.29) is 12.1 Å². The molecule has 3 rings (SSSR count). The third-order valence-corrected chi connectivity index (χ3v) is 4.80. The largest absolute Gasteiger partial charge is 0.383 e. The first kappa shape index (κ1) is 17.3. The Kier molecular flexibility index (Phi) is 5.21. The van der Waals surface area contributed by atoms with Crippen molar-refractivity contribution in [2.24, 2.45) is 0 Å². The first-order chi connectivity index (χ1) is 12.0. The number of benzene rings is 2. The molecule has 1 unspecified atom stereocenters. The first-order valence-electron chi connectivity index (χ1n) is 7.59. The zero-order valence-electron chi connectivity index (χ0n) is 13.1. The highest BCUT2D eigenvalue weighted by Crippen LogP contribution is 2.28. The molecule has 0 aliphatic carbocycles. The molecule has 0 aliphatic heterocycles. The third kappa shape index (κ3) is 4.10. The van der Waals surface area contributed by atoms with Crippen molar-refractivity contribution < 1.29 is 18.7 Å². The van der Waals surface area contributed by atoms with Crippen LogP contribution in [0.4, 0.5) is 8.78 Å². The maximum Gasteiger partial charge on any atom is 0.254 e. The number of carbonyl (C=O) groups is 1. The summed E-state index contributed by atoms with van der Waals surface area (Å²) in [6.45, 7) is 0.196. The topological polar surface area (TPSA) is 49.3 Å². The maximum absolute atomic E-state index is 13.6. The van der Waals surface area contributed by atoms with Gasteiger partial charge in [0.05, 0.1) is 12.1 Å². The smallest absolute Gasteiger partial charge is 0.254 e. The molecule has 0 aliphatic rings. The van der Waals surface area contributed by atoms with Gasteiger partial charge < -0.3 is 10.4 Å². The highest BCUT2D eigenvalue weighted by molar-refractivity contribution is 7.12. The molecule has 25 heavy (non-hydrogen) atoms. The Morgan fingerprint density at radius 2 is 1.84 bits per heavy atom. The number of amides is 1. The lowest BCUT2D eigenvalue weighted by Gasteiger charge is -2.08. The van der Waals surface area contributed by atoms with E-state index in [0.717, 1.165) is 27.5 Å². The molecule has 0 fully saturated rings. The highest BCUT2D eigenvalue weighted by Gasteiger charge is 2.15. The van der Waals surface area contributed by atoms with Gasteiger partial charge in [0.1, 0.15) is 17.7 Å². The van der Waals surface area contributed by atoms with Crippen LogP contribution in [0.2, 0.25) is 0 Å². The van der Waals surface area contributed by atoms with Gasteiger partial charge in [-0.3, -0.25) is 4.79 Å². The monoisotopic (exact) mass is 359 g/mol. The summed E-state index contributed by atoms with van der Waals surface area (Å²) in [5.41, 5.74) is 0.579. The number of hydrogen-bond acceptors (Lipinski definition) is 3. The second kappa shape index (κ2) is 7.55. The molecule has 0 saturated heterocycles. The molecule has 3 nitrogen and oxygen atoms in total. The van der Waals surface area contributed by atoms with Crippen LogP contribution in [0.1, 0.15) is 31.8 Å². The molecule has 128 valence electrons. The van der Waals surface area contributed by atoms with Gasteiger partial charge in [-0.15, -0.1) is 11.3 Å². The van der Waals surface area contributed by atoms with Crippen molar-refractivity contribution in [3.63, 3.8) is 0 Å². The fourth-order valence-corrected chi connectivity index (χ4v) is 3.34. The van der Waals surface area contributed by atoms with Crippen LogP contribution in [0.5, 0.6) is 0 Å². The number of nitrogens with one attached hydrogen (secondary N) is 1. The van der Waals surface area contributed by atoms with Gasteiger partial charge in [-0.25, -0.2) is 8.78 Å². The third-order valence-electron chi connectivity index (χ3n) is 3.67. The van der Waals surface area contributed by atoms with Crippen LogP contribution in [0, 0.1) is 11.6 Å². The molecule has 0 radical (unpaired) electrons. The number of rotatable bonds is 5. The summed E-state index contributed by atoms with van der Waals surface area (Å²) in [4.78, 5) is 13.6. The summed E-state index contributed by atoms with van der Waals surface area (Å²) in [6, 6.07) is 15.7. The number of hydrogen-bond donors (Lipinski definition) is 2. The molecule has 1 atom stereocenters. The summed E-state index contributed by atoms with van der Waals surface area (Å²) in [7, 11) is 0. The number of aliphatic hydroxyl groups is 1. The number of aliphatic hydroxyl groups excluding tert-OH is 1. The van der Waals surface area contributed by atoms with Crippen molar-refractivity contribution in [2.45, 2.75) is 12.6 Å². The zero-order valence-corrected chi connectivity index (χ0v) is 13.9. The van der Waals surface area contributed by atoms with Gasteiger partial charge >= 0.3 is 0 Å². The van der Waals surface area contributed by atoms with Gasteiger partial charge in [-0.1, -0.05) is 30.3 Å². The summed E-state index contributed by atoms with van der Waals surface area (Å²) in [5, 5.41) is 13.0. The predicted molar refractivity (Wildman–Crippen MR) is 92.4 cm³/mol. The lowest BCUT2D eigenvalue weighted by molar-refractivity contribution is 0.0947. The summed E-state index contributed by atoms with van der Waals surface area (Å²) in [6.07, 6.45) is -0.731. The van der Waals surface area contributed by atoms with E-state index < -0.39 is 23.6 Å². The van der Waals surface area contributed by atoms with E-state index in [1.807, 2.05) is 30.3 Å².